The molecule has 6 aromatic carbocycles. The van der Waals surface area contributed by atoms with Gasteiger partial charge in [-0.05, 0) is 22.1 Å². The van der Waals surface area contributed by atoms with Gasteiger partial charge in [-0.15, -0.1) is 0 Å². The molecule has 0 N–H and O–H groups in total. The molecule has 2 aliphatic rings. The van der Waals surface area contributed by atoms with Gasteiger partial charge < -0.3 is 0 Å². The summed E-state index contributed by atoms with van der Waals surface area (Å²) in [5.41, 5.74) is 14.0. The van der Waals surface area contributed by atoms with Crippen LogP contribution in [-0.2, 0) is 10.8 Å². The zero-order valence-electron chi connectivity index (χ0n) is 36.0. The van der Waals surface area contributed by atoms with Crippen LogP contribution in [0.4, 0.5) is 39.9 Å². The quantitative estimate of drug-likeness (QED) is 0.149. The molecule has 7 heteroatoms. The van der Waals surface area contributed by atoms with Gasteiger partial charge >= 0.3 is 241 Å². The van der Waals surface area contributed by atoms with Crippen molar-refractivity contribution in [3.63, 3.8) is 0 Å². The number of aromatic nitrogens is 2. The van der Waals surface area contributed by atoms with Crippen molar-refractivity contribution in [2.24, 2.45) is 0 Å². The summed E-state index contributed by atoms with van der Waals surface area (Å²) in [5, 5.41) is 0. The standard InChI is InChI=1S/C55H49N5OSe/c1-54(2,3)39-28-26-38(27-29-39)45-21-15-20-44(37-16-8-7-9-17-37)52(45)59-36-58(46-22-10-11-23-47(46)59)41-18-14-19-42(33-41)61-43-34-49-53(57-35-43)62-50-25-13-12-24-48(50)60(49)51-32-40(30-31-56-51)55(4,5)6/h7-35H,36H2,1-6H3. The molecule has 6 nitrogen and oxygen atoms in total. The molecule has 0 atom stereocenters. The molecule has 0 amide bonds. The minimum atomic E-state index is -0.0210. The molecule has 0 aliphatic carbocycles. The van der Waals surface area contributed by atoms with E-state index in [-0.39, 0.29) is 25.8 Å². The Kier molecular flexibility index (Phi) is 9.97. The normalized spacial score (nSPS) is 13.4. The van der Waals surface area contributed by atoms with Crippen molar-refractivity contribution in [1.29, 1.82) is 0 Å². The van der Waals surface area contributed by atoms with E-state index < -0.39 is 0 Å². The van der Waals surface area contributed by atoms with Gasteiger partial charge in [0.2, 0.25) is 0 Å². The monoisotopic (exact) mass is 875 g/mol. The van der Waals surface area contributed by atoms with Gasteiger partial charge in [-0.2, -0.15) is 0 Å². The molecule has 0 radical (unpaired) electrons. The molecule has 0 unspecified atom stereocenters. The van der Waals surface area contributed by atoms with Crippen molar-refractivity contribution in [3.05, 3.63) is 187 Å². The molecule has 2 aromatic heterocycles. The topological polar surface area (TPSA) is 44.7 Å². The maximum absolute atomic E-state index is 6.74. The largest absolute Gasteiger partial charge is 0.0579 e. The van der Waals surface area contributed by atoms with Crippen LogP contribution in [0.25, 0.3) is 22.3 Å². The zero-order chi connectivity index (χ0) is 42.6. The van der Waals surface area contributed by atoms with Crippen LogP contribution in [0.15, 0.2) is 176 Å². The maximum Gasteiger partial charge on any atom is -0.0540 e. The minimum absolute atomic E-state index is 0.0210. The Morgan fingerprint density at radius 2 is 1.16 bits per heavy atom. The van der Waals surface area contributed by atoms with Gasteiger partial charge in [-0.25, -0.2) is 0 Å². The zero-order valence-corrected chi connectivity index (χ0v) is 37.7. The van der Waals surface area contributed by atoms with Crippen LogP contribution in [0.1, 0.15) is 52.7 Å². The summed E-state index contributed by atoms with van der Waals surface area (Å²) in [7, 11) is 0. The van der Waals surface area contributed by atoms with Crippen molar-refractivity contribution in [2.75, 3.05) is 21.4 Å². The van der Waals surface area contributed by atoms with E-state index in [9.17, 15) is 0 Å². The fourth-order valence-electron chi connectivity index (χ4n) is 8.48. The first-order valence-corrected chi connectivity index (χ1v) is 23.0. The van der Waals surface area contributed by atoms with E-state index in [4.69, 9.17) is 14.7 Å². The number of fused-ring (bicyclic) bond motifs is 3. The molecule has 10 rings (SSSR count). The number of anilines is 7. The average Bonchev–Trinajstić information content (AvgIpc) is 3.67. The Hall–Kier alpha value is -6.66. The first-order valence-electron chi connectivity index (χ1n) is 21.2. The Morgan fingerprint density at radius 1 is 0.516 bits per heavy atom. The molecular formula is C55H49N5OSe. The second-order valence-corrected chi connectivity index (χ2v) is 20.2. The number of rotatable bonds is 7. The van der Waals surface area contributed by atoms with E-state index in [2.05, 4.69) is 214 Å². The van der Waals surface area contributed by atoms with E-state index in [1.54, 1.807) is 0 Å². The third-order valence-corrected chi connectivity index (χ3v) is 14.0. The minimum Gasteiger partial charge on any atom is -0.0579 e. The molecule has 306 valence electrons. The fourth-order valence-corrected chi connectivity index (χ4v) is 10.5. The predicted molar refractivity (Wildman–Crippen MR) is 259 cm³/mol. The van der Waals surface area contributed by atoms with Gasteiger partial charge in [0.15, 0.2) is 0 Å². The Balaban J connectivity index is 1.01. The first kappa shape index (κ1) is 39.5. The van der Waals surface area contributed by atoms with Crippen LogP contribution >= 0.6 is 0 Å². The van der Waals surface area contributed by atoms with Crippen LogP contribution in [0, 0.1) is 0 Å². The van der Waals surface area contributed by atoms with Gasteiger partial charge in [0.05, 0.1) is 0 Å². The third kappa shape index (κ3) is 7.42. The van der Waals surface area contributed by atoms with Gasteiger partial charge in [-0.3, -0.25) is 0 Å². The number of hydrogen-bond donors (Lipinski definition) is 0. The van der Waals surface area contributed by atoms with Crippen molar-refractivity contribution in [2.45, 2.75) is 52.4 Å². The number of ether oxygens (including phenoxy) is 1. The second-order valence-electron chi connectivity index (χ2n) is 18.0. The molecule has 2 aliphatic heterocycles. The summed E-state index contributed by atoms with van der Waals surface area (Å²) in [5.74, 6) is 2.29. The maximum atomic E-state index is 6.74. The molecule has 0 saturated carbocycles. The Bertz CT molecular complexity index is 2930. The summed E-state index contributed by atoms with van der Waals surface area (Å²) in [6.07, 6.45) is 3.78. The van der Waals surface area contributed by atoms with Crippen molar-refractivity contribution < 1.29 is 4.74 Å². The van der Waals surface area contributed by atoms with E-state index in [1.807, 2.05) is 18.5 Å². The molecule has 0 fully saturated rings. The van der Waals surface area contributed by atoms with Crippen LogP contribution in [0.5, 0.6) is 11.5 Å². The number of benzene rings is 6. The summed E-state index contributed by atoms with van der Waals surface area (Å²) >= 11 is 0.0341. The van der Waals surface area contributed by atoms with E-state index in [1.165, 1.54) is 43.5 Å². The molecule has 0 spiro atoms. The fraction of sp³-hybridized carbons (Fsp3) is 0.164. The third-order valence-electron chi connectivity index (χ3n) is 11.8. The van der Waals surface area contributed by atoms with E-state index in [0.717, 1.165) is 44.6 Å². The number of hydrogen-bond acceptors (Lipinski definition) is 6. The first-order chi connectivity index (χ1) is 30.0. The molecule has 62 heavy (non-hydrogen) atoms. The second kappa shape index (κ2) is 15.7. The summed E-state index contributed by atoms with van der Waals surface area (Å²) in [6.45, 7) is 14.1. The summed E-state index contributed by atoms with van der Waals surface area (Å²) in [6, 6.07) is 58.7. The molecule has 4 heterocycles. The van der Waals surface area contributed by atoms with Crippen LogP contribution in [-0.4, -0.2) is 31.6 Å². The number of nitrogens with zero attached hydrogens (tertiary/aromatic N) is 5. The number of pyridine rings is 2. The molecule has 8 aromatic rings. The van der Waals surface area contributed by atoms with Crippen molar-refractivity contribution >= 4 is 64.0 Å². The molecule has 0 bridgehead atoms. The van der Waals surface area contributed by atoms with Crippen molar-refractivity contribution in [3.8, 4) is 33.8 Å². The van der Waals surface area contributed by atoms with Crippen LogP contribution in [0.3, 0.4) is 0 Å². The SMILES string of the molecule is CC(C)(C)c1ccc(-c2cccc(-c3ccccc3)c2N2CN(c3cccc(Oc4cnc5c(c4)N(c4cc(C(C)(C)C)ccn4)c4ccccc4[Se]5)c3)c3ccccc32)cc1. The average molecular weight is 875 g/mol. The van der Waals surface area contributed by atoms with Crippen LogP contribution < -0.4 is 28.5 Å². The smallest absolute Gasteiger partial charge is 0.0540 e. The predicted octanol–water partition coefficient (Wildman–Crippen LogP) is 12.9. The Morgan fingerprint density at radius 3 is 1.89 bits per heavy atom. The number of para-hydroxylation sites is 4. The van der Waals surface area contributed by atoms with Crippen LogP contribution in [0.2, 0.25) is 0 Å². The van der Waals surface area contributed by atoms with Crippen molar-refractivity contribution in [1.82, 2.24) is 9.97 Å². The van der Waals surface area contributed by atoms with Gasteiger partial charge in [-0.1, -0.05) is 99.6 Å². The van der Waals surface area contributed by atoms with E-state index >= 15 is 0 Å². The molecule has 0 saturated heterocycles. The van der Waals surface area contributed by atoms with Gasteiger partial charge in [0, 0.05) is 11.1 Å². The van der Waals surface area contributed by atoms with E-state index in [0.29, 0.717) is 12.4 Å². The Labute approximate surface area is 371 Å². The summed E-state index contributed by atoms with van der Waals surface area (Å²) in [4.78, 5) is 17.0. The molecular weight excluding hydrogens is 826 g/mol. The summed E-state index contributed by atoms with van der Waals surface area (Å²) < 4.78 is 9.07. The van der Waals surface area contributed by atoms with Gasteiger partial charge in [0.25, 0.3) is 0 Å². The van der Waals surface area contributed by atoms with Gasteiger partial charge in [0.1, 0.15) is 0 Å².